The average Bonchev–Trinajstić information content (AvgIpc) is 3.03. The van der Waals surface area contributed by atoms with E-state index >= 15 is 0 Å². The number of benzene rings is 1. The van der Waals surface area contributed by atoms with E-state index in [2.05, 4.69) is 17.1 Å². The Morgan fingerprint density at radius 3 is 2.81 bits per heavy atom. The van der Waals surface area contributed by atoms with Crippen LogP contribution in [0.5, 0.6) is 0 Å². The molecule has 27 heavy (non-hydrogen) atoms. The Hall–Kier alpha value is -3.21. The molecular weight excluding hydrogens is 340 g/mol. The highest BCUT2D eigenvalue weighted by atomic mass is 16.3. The molecule has 0 saturated carbocycles. The number of nitrogens with zero attached hydrogens (tertiary/aromatic N) is 2. The van der Waals surface area contributed by atoms with Gasteiger partial charge in [-0.25, -0.2) is 0 Å². The second-order valence-corrected chi connectivity index (χ2v) is 6.69. The maximum Gasteiger partial charge on any atom is 0.193 e. The standard InChI is InChI=1S/C22H20N2O3/c1-4-14(11-23-3)15-5-6-16-17-7-8-24-12-18(13(2)25)20(26)10-19(24)22(17)27-21(16)9-15/h4-6,9-12H,7-8H2,1-3H3/b14-4+,23-11-. The molecule has 2 aromatic heterocycles. The van der Waals surface area contributed by atoms with E-state index in [0.717, 1.165) is 39.8 Å². The number of hydrogen-bond acceptors (Lipinski definition) is 4. The Labute approximate surface area is 156 Å². The molecule has 0 saturated heterocycles. The highest BCUT2D eigenvalue weighted by molar-refractivity contribution is 6.10. The number of carbonyl (C=O) groups is 1. The summed E-state index contributed by atoms with van der Waals surface area (Å²) in [5, 5.41) is 1.06. The molecule has 5 nitrogen and oxygen atoms in total. The zero-order chi connectivity index (χ0) is 19.1. The number of hydrogen-bond donors (Lipinski definition) is 0. The highest BCUT2D eigenvalue weighted by Crippen LogP contribution is 2.37. The smallest absolute Gasteiger partial charge is 0.193 e. The minimum atomic E-state index is -0.266. The molecule has 1 aliphatic rings. The summed E-state index contributed by atoms with van der Waals surface area (Å²) in [5.74, 6) is 0.499. The first-order chi connectivity index (χ1) is 13.0. The van der Waals surface area contributed by atoms with Gasteiger partial charge in [-0.1, -0.05) is 18.2 Å². The van der Waals surface area contributed by atoms with Crippen molar-refractivity contribution in [3.8, 4) is 11.5 Å². The van der Waals surface area contributed by atoms with Crippen LogP contribution in [0, 0.1) is 0 Å². The molecule has 0 radical (unpaired) electrons. The average molecular weight is 360 g/mol. The molecule has 1 aromatic carbocycles. The van der Waals surface area contributed by atoms with E-state index in [1.807, 2.05) is 29.8 Å². The molecule has 0 atom stereocenters. The molecule has 0 bridgehead atoms. The van der Waals surface area contributed by atoms with E-state index in [-0.39, 0.29) is 16.8 Å². The van der Waals surface area contributed by atoms with Crippen LogP contribution in [-0.2, 0) is 13.0 Å². The Morgan fingerprint density at radius 2 is 2.11 bits per heavy atom. The Bertz CT molecular complexity index is 1190. The summed E-state index contributed by atoms with van der Waals surface area (Å²) in [5.41, 5.74) is 4.64. The molecule has 3 aromatic rings. The Morgan fingerprint density at radius 1 is 1.30 bits per heavy atom. The third kappa shape index (κ3) is 2.76. The molecular formula is C22H20N2O3. The van der Waals surface area contributed by atoms with E-state index in [1.54, 1.807) is 13.2 Å². The lowest BCUT2D eigenvalue weighted by Crippen LogP contribution is -2.20. The van der Waals surface area contributed by atoms with Gasteiger partial charge in [0.05, 0.1) is 11.3 Å². The van der Waals surface area contributed by atoms with Gasteiger partial charge in [-0.3, -0.25) is 14.6 Å². The lowest BCUT2D eigenvalue weighted by atomic mass is 9.99. The predicted octanol–water partition coefficient (Wildman–Crippen LogP) is 4.12. The van der Waals surface area contributed by atoms with Crippen LogP contribution < -0.4 is 5.43 Å². The van der Waals surface area contributed by atoms with Gasteiger partial charge in [0, 0.05) is 43.0 Å². The molecule has 0 spiro atoms. The van der Waals surface area contributed by atoms with Gasteiger partial charge in [0.15, 0.2) is 17.0 Å². The second kappa shape index (κ2) is 6.50. The van der Waals surface area contributed by atoms with Crippen molar-refractivity contribution < 1.29 is 9.21 Å². The van der Waals surface area contributed by atoms with Crippen molar-refractivity contribution in [2.24, 2.45) is 4.99 Å². The number of allylic oxidation sites excluding steroid dienone is 2. The lowest BCUT2D eigenvalue weighted by Gasteiger charge is -2.18. The number of aliphatic imine (C=N–C) groups is 1. The maximum absolute atomic E-state index is 12.3. The van der Waals surface area contributed by atoms with Gasteiger partial charge in [-0.15, -0.1) is 0 Å². The summed E-state index contributed by atoms with van der Waals surface area (Å²) in [7, 11) is 1.75. The fraction of sp³-hybridized carbons (Fsp3) is 0.227. The maximum atomic E-state index is 12.3. The fourth-order valence-electron chi connectivity index (χ4n) is 3.69. The quantitative estimate of drug-likeness (QED) is 0.521. The van der Waals surface area contributed by atoms with E-state index in [4.69, 9.17) is 4.42 Å². The van der Waals surface area contributed by atoms with Crippen LogP contribution in [0.2, 0.25) is 0 Å². The van der Waals surface area contributed by atoms with Crippen LogP contribution in [0.4, 0.5) is 0 Å². The minimum absolute atomic E-state index is 0.216. The zero-order valence-electron chi connectivity index (χ0n) is 15.6. The number of rotatable bonds is 3. The molecule has 0 unspecified atom stereocenters. The summed E-state index contributed by atoms with van der Waals surface area (Å²) in [6.45, 7) is 4.10. The molecule has 0 fully saturated rings. The van der Waals surface area contributed by atoms with Crippen LogP contribution in [0.15, 0.2) is 50.7 Å². The number of aryl methyl sites for hydroxylation is 2. The van der Waals surface area contributed by atoms with Crippen molar-refractivity contribution in [3.05, 3.63) is 63.5 Å². The van der Waals surface area contributed by atoms with Crippen molar-refractivity contribution in [2.45, 2.75) is 26.8 Å². The molecule has 0 aliphatic carbocycles. The number of aromatic nitrogens is 1. The van der Waals surface area contributed by atoms with Gasteiger partial charge in [0.25, 0.3) is 0 Å². The van der Waals surface area contributed by atoms with E-state index in [1.165, 1.54) is 13.0 Å². The third-order valence-corrected chi connectivity index (χ3v) is 5.05. The van der Waals surface area contributed by atoms with Gasteiger partial charge in [0.1, 0.15) is 5.58 Å². The predicted molar refractivity (Wildman–Crippen MR) is 108 cm³/mol. The summed E-state index contributed by atoms with van der Waals surface area (Å²) in [6.07, 6.45) is 6.27. The second-order valence-electron chi connectivity index (χ2n) is 6.69. The fourth-order valence-corrected chi connectivity index (χ4v) is 3.69. The summed E-state index contributed by atoms with van der Waals surface area (Å²) in [6, 6.07) is 7.66. The van der Waals surface area contributed by atoms with Crippen molar-refractivity contribution in [1.29, 1.82) is 0 Å². The number of furan rings is 1. The molecule has 5 heteroatoms. The molecule has 0 N–H and O–H groups in total. The molecule has 136 valence electrons. The van der Waals surface area contributed by atoms with E-state index in [0.29, 0.717) is 12.3 Å². The van der Waals surface area contributed by atoms with E-state index in [9.17, 15) is 9.59 Å². The van der Waals surface area contributed by atoms with Crippen molar-refractivity contribution in [3.63, 3.8) is 0 Å². The summed E-state index contributed by atoms with van der Waals surface area (Å²) >= 11 is 0. The largest absolute Gasteiger partial charge is 0.454 e. The molecule has 1 aliphatic heterocycles. The number of ketones is 1. The highest BCUT2D eigenvalue weighted by Gasteiger charge is 2.24. The van der Waals surface area contributed by atoms with Crippen LogP contribution in [0.1, 0.15) is 35.3 Å². The van der Waals surface area contributed by atoms with Crippen LogP contribution in [0.3, 0.4) is 0 Å². The van der Waals surface area contributed by atoms with Gasteiger partial charge in [-0.2, -0.15) is 0 Å². The summed E-state index contributed by atoms with van der Waals surface area (Å²) < 4.78 is 8.10. The topological polar surface area (TPSA) is 64.6 Å². The van der Waals surface area contributed by atoms with Gasteiger partial charge in [-0.05, 0) is 37.5 Å². The normalized spacial score (nSPS) is 13.8. The van der Waals surface area contributed by atoms with Crippen LogP contribution >= 0.6 is 0 Å². The van der Waals surface area contributed by atoms with Crippen LogP contribution in [-0.4, -0.2) is 23.6 Å². The number of fused-ring (bicyclic) bond motifs is 5. The number of carbonyl (C=O) groups excluding carboxylic acids is 1. The van der Waals surface area contributed by atoms with Crippen molar-refractivity contribution in [1.82, 2.24) is 4.57 Å². The first-order valence-electron chi connectivity index (χ1n) is 8.93. The van der Waals surface area contributed by atoms with Gasteiger partial charge >= 0.3 is 0 Å². The van der Waals surface area contributed by atoms with Gasteiger partial charge < -0.3 is 8.98 Å². The SMILES string of the molecule is C/C=C(\C=N/C)c1ccc2c3c(oc2c1)-c1cc(=O)c(C(C)=O)cn1CC3. The molecule has 3 heterocycles. The Kier molecular flexibility index (Phi) is 4.15. The monoisotopic (exact) mass is 360 g/mol. The number of pyridine rings is 1. The third-order valence-electron chi connectivity index (χ3n) is 5.05. The van der Waals surface area contributed by atoms with Crippen molar-refractivity contribution >= 4 is 28.5 Å². The van der Waals surface area contributed by atoms with E-state index < -0.39 is 0 Å². The molecule has 4 rings (SSSR count). The summed E-state index contributed by atoms with van der Waals surface area (Å²) in [4.78, 5) is 28.1. The first kappa shape index (κ1) is 17.2. The van der Waals surface area contributed by atoms with Gasteiger partial charge in [0.2, 0.25) is 0 Å². The zero-order valence-corrected chi connectivity index (χ0v) is 15.6. The molecule has 0 amide bonds. The van der Waals surface area contributed by atoms with Crippen LogP contribution in [0.25, 0.3) is 28.0 Å². The number of Topliss-reactive ketones (excluding diaryl/α,β-unsaturated/α-hetero) is 1. The Balaban J connectivity index is 1.90. The minimum Gasteiger partial charge on any atom is -0.454 e. The van der Waals surface area contributed by atoms with Crippen molar-refractivity contribution in [2.75, 3.05) is 7.05 Å². The first-order valence-corrected chi connectivity index (χ1v) is 8.93. The lowest BCUT2D eigenvalue weighted by molar-refractivity contribution is 0.101.